The van der Waals surface area contributed by atoms with E-state index in [1.165, 1.54) is 18.2 Å². The first-order chi connectivity index (χ1) is 8.60. The molecule has 1 aromatic carbocycles. The molecule has 5 nitrogen and oxygen atoms in total. The van der Waals surface area contributed by atoms with Crippen LogP contribution in [0.25, 0.3) is 0 Å². The van der Waals surface area contributed by atoms with Crippen LogP contribution in [0.5, 0.6) is 0 Å². The highest BCUT2D eigenvalue weighted by Crippen LogP contribution is 2.22. The molecule has 0 radical (unpaired) electrons. The van der Waals surface area contributed by atoms with Crippen LogP contribution in [0.1, 0.15) is 29.3 Å². The van der Waals surface area contributed by atoms with E-state index in [2.05, 4.69) is 0 Å². The Morgan fingerprint density at radius 3 is 2.78 bits per heavy atom. The van der Waals surface area contributed by atoms with Gasteiger partial charge in [0, 0.05) is 17.5 Å². The van der Waals surface area contributed by atoms with Crippen LogP contribution >= 0.6 is 11.6 Å². The van der Waals surface area contributed by atoms with Gasteiger partial charge in [-0.15, -0.1) is 11.6 Å². The molecule has 0 bridgehead atoms. The summed E-state index contributed by atoms with van der Waals surface area (Å²) in [5.74, 6) is -0.0552. The van der Waals surface area contributed by atoms with Crippen molar-refractivity contribution in [3.8, 4) is 0 Å². The summed E-state index contributed by atoms with van der Waals surface area (Å²) in [6.07, 6.45) is 1.09. The Morgan fingerprint density at radius 1 is 1.50 bits per heavy atom. The zero-order chi connectivity index (χ0) is 13.5. The van der Waals surface area contributed by atoms with Gasteiger partial charge in [-0.05, 0) is 31.9 Å². The Balaban J connectivity index is 3.04. The number of nitrogens with zero attached hydrogens (tertiary/aromatic N) is 1. The minimum absolute atomic E-state index is 0.00756. The van der Waals surface area contributed by atoms with Gasteiger partial charge in [0.15, 0.2) is 0 Å². The number of nitro groups is 1. The van der Waals surface area contributed by atoms with Gasteiger partial charge in [-0.25, -0.2) is 4.79 Å². The Labute approximate surface area is 110 Å². The van der Waals surface area contributed by atoms with Crippen molar-refractivity contribution in [1.82, 2.24) is 0 Å². The van der Waals surface area contributed by atoms with Crippen molar-refractivity contribution in [2.45, 2.75) is 19.8 Å². The molecule has 0 atom stereocenters. The molecule has 6 heteroatoms. The van der Waals surface area contributed by atoms with Crippen molar-refractivity contribution in [3.05, 3.63) is 39.4 Å². The van der Waals surface area contributed by atoms with Crippen LogP contribution in [0.15, 0.2) is 18.2 Å². The number of nitro benzene ring substituents is 1. The lowest BCUT2D eigenvalue weighted by molar-refractivity contribution is -0.385. The topological polar surface area (TPSA) is 69.4 Å². The molecule has 0 aromatic heterocycles. The highest BCUT2D eigenvalue weighted by Gasteiger charge is 2.16. The van der Waals surface area contributed by atoms with E-state index < -0.39 is 10.9 Å². The van der Waals surface area contributed by atoms with E-state index >= 15 is 0 Å². The maximum Gasteiger partial charge on any atom is 0.338 e. The second-order valence-corrected chi connectivity index (χ2v) is 3.99. The van der Waals surface area contributed by atoms with Crippen molar-refractivity contribution >= 4 is 23.3 Å². The van der Waals surface area contributed by atoms with Crippen molar-refractivity contribution in [2.24, 2.45) is 0 Å². The van der Waals surface area contributed by atoms with E-state index in [0.29, 0.717) is 29.8 Å². The molecule has 98 valence electrons. The molecular weight excluding hydrogens is 258 g/mol. The summed E-state index contributed by atoms with van der Waals surface area (Å²) >= 11 is 5.57. The van der Waals surface area contributed by atoms with Gasteiger partial charge in [-0.3, -0.25) is 10.1 Å². The summed E-state index contributed by atoms with van der Waals surface area (Å²) in [6, 6.07) is 4.23. The zero-order valence-electron chi connectivity index (χ0n) is 10.0. The first-order valence-corrected chi connectivity index (χ1v) is 6.14. The summed E-state index contributed by atoms with van der Waals surface area (Å²) in [7, 11) is 0. The molecule has 0 aliphatic rings. The molecule has 0 saturated heterocycles. The summed E-state index contributed by atoms with van der Waals surface area (Å²) in [5, 5.41) is 10.8. The second kappa shape index (κ2) is 6.96. The predicted octanol–water partition coefficient (Wildman–Crippen LogP) is 2.94. The van der Waals surface area contributed by atoms with Gasteiger partial charge in [0.2, 0.25) is 0 Å². The van der Waals surface area contributed by atoms with Crippen molar-refractivity contribution in [1.29, 1.82) is 0 Å². The smallest absolute Gasteiger partial charge is 0.338 e. The van der Waals surface area contributed by atoms with E-state index in [1.54, 1.807) is 6.92 Å². The quantitative estimate of drug-likeness (QED) is 0.345. The van der Waals surface area contributed by atoms with E-state index in [-0.39, 0.29) is 12.3 Å². The van der Waals surface area contributed by atoms with Gasteiger partial charge in [0.1, 0.15) is 0 Å². The van der Waals surface area contributed by atoms with E-state index in [1.807, 2.05) is 0 Å². The fourth-order valence-corrected chi connectivity index (χ4v) is 1.70. The molecule has 0 unspecified atom stereocenters. The van der Waals surface area contributed by atoms with Crippen molar-refractivity contribution in [2.75, 3.05) is 12.5 Å². The van der Waals surface area contributed by atoms with Crippen LogP contribution in [-0.2, 0) is 11.2 Å². The van der Waals surface area contributed by atoms with Gasteiger partial charge in [0.25, 0.3) is 5.69 Å². The second-order valence-electron chi connectivity index (χ2n) is 3.61. The summed E-state index contributed by atoms with van der Waals surface area (Å²) < 4.78 is 4.85. The molecule has 0 fully saturated rings. The van der Waals surface area contributed by atoms with Crippen LogP contribution in [0.4, 0.5) is 5.69 Å². The maximum atomic E-state index is 11.5. The van der Waals surface area contributed by atoms with Crippen LogP contribution in [0.2, 0.25) is 0 Å². The lowest BCUT2D eigenvalue weighted by atomic mass is 10.0. The Bertz CT molecular complexity index is 448. The lowest BCUT2D eigenvalue weighted by Gasteiger charge is -2.05. The lowest BCUT2D eigenvalue weighted by Crippen LogP contribution is -2.06. The monoisotopic (exact) mass is 271 g/mol. The number of hydrogen-bond acceptors (Lipinski definition) is 4. The average molecular weight is 272 g/mol. The normalized spacial score (nSPS) is 10.1. The Hall–Kier alpha value is -1.62. The number of ether oxygens (including phenoxy) is 1. The third-order valence-corrected chi connectivity index (χ3v) is 2.63. The molecule has 1 rings (SSSR count). The van der Waals surface area contributed by atoms with Gasteiger partial charge >= 0.3 is 5.97 Å². The number of halogens is 1. The number of esters is 1. The minimum atomic E-state index is -0.473. The largest absolute Gasteiger partial charge is 0.462 e. The molecule has 0 saturated carbocycles. The van der Waals surface area contributed by atoms with Crippen LogP contribution < -0.4 is 0 Å². The van der Waals surface area contributed by atoms with Gasteiger partial charge in [-0.2, -0.15) is 0 Å². The van der Waals surface area contributed by atoms with E-state index in [9.17, 15) is 14.9 Å². The number of carbonyl (C=O) groups is 1. The highest BCUT2D eigenvalue weighted by molar-refractivity contribution is 6.17. The number of hydrogen-bond donors (Lipinski definition) is 0. The third kappa shape index (κ3) is 3.70. The molecule has 0 heterocycles. The first kappa shape index (κ1) is 14.4. The fourth-order valence-electron chi connectivity index (χ4n) is 1.56. The predicted molar refractivity (Wildman–Crippen MR) is 68.1 cm³/mol. The molecule has 0 aliphatic heterocycles. The number of aryl methyl sites for hydroxylation is 1. The number of benzene rings is 1. The molecule has 1 aromatic rings. The summed E-state index contributed by atoms with van der Waals surface area (Å²) in [6.45, 7) is 1.98. The number of carbonyl (C=O) groups excluding carboxylic acids is 1. The number of alkyl halides is 1. The molecule has 18 heavy (non-hydrogen) atoms. The molecular formula is C12H14ClNO4. The molecule has 0 N–H and O–H groups in total. The third-order valence-electron chi connectivity index (χ3n) is 2.37. The highest BCUT2D eigenvalue weighted by atomic mass is 35.5. The Morgan fingerprint density at radius 2 is 2.22 bits per heavy atom. The fraction of sp³-hybridized carbons (Fsp3) is 0.417. The standard InChI is InChI=1S/C12H14ClNO4/c1-2-18-12(15)10-5-6-11(14(16)17)9(8-10)4-3-7-13/h5-6,8H,2-4,7H2,1H3. The molecule has 0 amide bonds. The van der Waals surface area contributed by atoms with Crippen molar-refractivity contribution in [3.63, 3.8) is 0 Å². The maximum absolute atomic E-state index is 11.5. The zero-order valence-corrected chi connectivity index (χ0v) is 10.8. The van der Waals surface area contributed by atoms with Gasteiger partial charge < -0.3 is 4.74 Å². The number of rotatable bonds is 6. The SMILES string of the molecule is CCOC(=O)c1ccc([N+](=O)[O-])c(CCCCl)c1. The van der Waals surface area contributed by atoms with Crippen LogP contribution in [0, 0.1) is 10.1 Å². The van der Waals surface area contributed by atoms with Gasteiger partial charge in [-0.1, -0.05) is 0 Å². The van der Waals surface area contributed by atoms with Gasteiger partial charge in [0.05, 0.1) is 17.1 Å². The average Bonchev–Trinajstić information content (AvgIpc) is 2.36. The summed E-state index contributed by atoms with van der Waals surface area (Å²) in [4.78, 5) is 21.9. The minimum Gasteiger partial charge on any atom is -0.462 e. The van der Waals surface area contributed by atoms with Crippen LogP contribution in [0.3, 0.4) is 0 Å². The van der Waals surface area contributed by atoms with Crippen LogP contribution in [-0.4, -0.2) is 23.4 Å². The Kier molecular flexibility index (Phi) is 5.58. The summed E-state index contributed by atoms with van der Waals surface area (Å²) in [5.41, 5.74) is 0.839. The van der Waals surface area contributed by atoms with E-state index in [4.69, 9.17) is 16.3 Å². The molecule has 0 spiro atoms. The molecule has 0 aliphatic carbocycles. The van der Waals surface area contributed by atoms with E-state index in [0.717, 1.165) is 0 Å². The first-order valence-electron chi connectivity index (χ1n) is 5.60. The van der Waals surface area contributed by atoms with Crippen molar-refractivity contribution < 1.29 is 14.5 Å².